The van der Waals surface area contributed by atoms with Gasteiger partial charge in [0.05, 0.1) is 30.3 Å². The summed E-state index contributed by atoms with van der Waals surface area (Å²) >= 11 is 0. The molecule has 0 bridgehead atoms. The van der Waals surface area contributed by atoms with Crippen LogP contribution in [0.3, 0.4) is 0 Å². The summed E-state index contributed by atoms with van der Waals surface area (Å²) in [4.78, 5) is 20.0. The number of aliphatic hydroxyl groups is 3. The van der Waals surface area contributed by atoms with Gasteiger partial charge in [-0.2, -0.15) is 0 Å². The van der Waals surface area contributed by atoms with Gasteiger partial charge in [0, 0.05) is 6.20 Å². The van der Waals surface area contributed by atoms with E-state index in [0.29, 0.717) is 22.5 Å². The SMILES string of the molecule is C[C@H](O)[C@H](O)[C@@H](CO)OCn1cc2c3c(ncnc31)NCC(=O)N2. The van der Waals surface area contributed by atoms with E-state index in [0.717, 1.165) is 0 Å². The summed E-state index contributed by atoms with van der Waals surface area (Å²) in [7, 11) is 0. The van der Waals surface area contributed by atoms with Crippen LogP contribution in [-0.2, 0) is 16.3 Å². The Balaban J connectivity index is 1.87. The van der Waals surface area contributed by atoms with E-state index in [4.69, 9.17) is 4.74 Å². The Hall–Kier alpha value is -2.27. The Morgan fingerprint density at radius 3 is 2.92 bits per heavy atom. The second-order valence-electron chi connectivity index (χ2n) is 5.58. The second-order valence-corrected chi connectivity index (χ2v) is 5.58. The zero-order chi connectivity index (χ0) is 17.3. The van der Waals surface area contributed by atoms with Crippen LogP contribution in [0, 0.1) is 0 Å². The maximum absolute atomic E-state index is 11.7. The molecule has 0 aromatic carbocycles. The Morgan fingerprint density at radius 1 is 1.42 bits per heavy atom. The number of aromatic nitrogens is 3. The van der Waals surface area contributed by atoms with E-state index < -0.39 is 24.9 Å². The molecule has 0 saturated carbocycles. The molecule has 2 aromatic heterocycles. The zero-order valence-electron chi connectivity index (χ0n) is 13.0. The molecule has 0 fully saturated rings. The molecule has 24 heavy (non-hydrogen) atoms. The summed E-state index contributed by atoms with van der Waals surface area (Å²) in [5.41, 5.74) is 1.09. The van der Waals surface area contributed by atoms with Gasteiger partial charge in [-0.1, -0.05) is 0 Å². The first kappa shape index (κ1) is 16.6. The largest absolute Gasteiger partial charge is 0.394 e. The van der Waals surface area contributed by atoms with Crippen molar-refractivity contribution in [1.29, 1.82) is 0 Å². The monoisotopic (exact) mass is 337 g/mol. The Labute approximate surface area is 137 Å². The van der Waals surface area contributed by atoms with Crippen molar-refractivity contribution in [3.05, 3.63) is 12.5 Å². The highest BCUT2D eigenvalue weighted by Crippen LogP contribution is 2.31. The van der Waals surface area contributed by atoms with Gasteiger partial charge in [-0.05, 0) is 6.92 Å². The van der Waals surface area contributed by atoms with E-state index in [9.17, 15) is 20.1 Å². The molecule has 0 saturated heterocycles. The van der Waals surface area contributed by atoms with Crippen molar-refractivity contribution in [1.82, 2.24) is 14.5 Å². The van der Waals surface area contributed by atoms with Gasteiger partial charge < -0.3 is 35.3 Å². The Bertz CT molecular complexity index is 746. The first-order chi connectivity index (χ1) is 11.5. The lowest BCUT2D eigenvalue weighted by molar-refractivity contribution is -0.119. The number of amides is 1. The first-order valence-corrected chi connectivity index (χ1v) is 7.47. The maximum atomic E-state index is 11.7. The van der Waals surface area contributed by atoms with Crippen molar-refractivity contribution in [2.75, 3.05) is 23.8 Å². The van der Waals surface area contributed by atoms with Crippen molar-refractivity contribution in [2.45, 2.75) is 32.0 Å². The number of rotatable bonds is 6. The Kier molecular flexibility index (Phi) is 4.62. The lowest BCUT2D eigenvalue weighted by Crippen LogP contribution is -2.40. The molecule has 5 N–H and O–H groups in total. The topological polar surface area (TPSA) is 142 Å². The Morgan fingerprint density at radius 2 is 2.21 bits per heavy atom. The van der Waals surface area contributed by atoms with Gasteiger partial charge in [-0.3, -0.25) is 4.79 Å². The van der Waals surface area contributed by atoms with Gasteiger partial charge in [0.1, 0.15) is 36.7 Å². The highest BCUT2D eigenvalue weighted by Gasteiger charge is 2.25. The average molecular weight is 337 g/mol. The van der Waals surface area contributed by atoms with Crippen molar-refractivity contribution in [3.63, 3.8) is 0 Å². The molecule has 3 atom stereocenters. The van der Waals surface area contributed by atoms with Crippen molar-refractivity contribution in [2.24, 2.45) is 0 Å². The highest BCUT2D eigenvalue weighted by atomic mass is 16.5. The third kappa shape index (κ3) is 3.04. The molecule has 1 aliphatic heterocycles. The van der Waals surface area contributed by atoms with Gasteiger partial charge in [-0.25, -0.2) is 9.97 Å². The van der Waals surface area contributed by atoms with Gasteiger partial charge in [0.25, 0.3) is 0 Å². The molecule has 10 heteroatoms. The predicted octanol–water partition coefficient (Wildman–Crippen LogP) is -1.13. The van der Waals surface area contributed by atoms with E-state index in [1.807, 2.05) is 0 Å². The molecule has 2 aromatic rings. The van der Waals surface area contributed by atoms with Gasteiger partial charge in [-0.15, -0.1) is 0 Å². The fourth-order valence-corrected chi connectivity index (χ4v) is 2.56. The van der Waals surface area contributed by atoms with E-state index in [2.05, 4.69) is 20.6 Å². The standard InChI is InChI=1S/C14H19N5O5/c1-7(21)12(23)9(4-20)24-6-19-3-8-11-13(15-2-10(22)18-8)16-5-17-14(11)19/h3,5,7,9,12,20-21,23H,2,4,6H2,1H3,(H,18,22)(H,15,16,17)/t7-,9+,12-/m0/s1. The molecule has 3 heterocycles. The lowest BCUT2D eigenvalue weighted by atomic mass is 10.1. The van der Waals surface area contributed by atoms with Crippen LogP contribution >= 0.6 is 0 Å². The highest BCUT2D eigenvalue weighted by molar-refractivity contribution is 6.09. The van der Waals surface area contributed by atoms with Crippen LogP contribution in [0.5, 0.6) is 0 Å². The normalized spacial score (nSPS) is 17.8. The first-order valence-electron chi connectivity index (χ1n) is 7.47. The van der Waals surface area contributed by atoms with Crippen LogP contribution in [0.1, 0.15) is 6.92 Å². The van der Waals surface area contributed by atoms with Crippen LogP contribution in [-0.4, -0.2) is 67.2 Å². The fourth-order valence-electron chi connectivity index (χ4n) is 2.56. The van der Waals surface area contributed by atoms with E-state index in [1.54, 1.807) is 10.8 Å². The number of nitrogens with one attached hydrogen (secondary N) is 2. The number of nitrogens with zero attached hydrogens (tertiary/aromatic N) is 3. The minimum absolute atomic E-state index is 0.0299. The molecule has 0 radical (unpaired) electrons. The molecule has 0 spiro atoms. The molecular formula is C14H19N5O5. The number of carbonyl (C=O) groups excluding carboxylic acids is 1. The molecule has 0 aliphatic carbocycles. The minimum atomic E-state index is -1.22. The smallest absolute Gasteiger partial charge is 0.243 e. The summed E-state index contributed by atoms with van der Waals surface area (Å²) < 4.78 is 7.12. The summed E-state index contributed by atoms with van der Waals surface area (Å²) in [6, 6.07) is 0. The van der Waals surface area contributed by atoms with Crippen LogP contribution in [0.25, 0.3) is 11.0 Å². The zero-order valence-corrected chi connectivity index (χ0v) is 13.0. The fraction of sp³-hybridized carbons (Fsp3) is 0.500. The molecule has 0 unspecified atom stereocenters. The van der Waals surface area contributed by atoms with Crippen LogP contribution in [0.2, 0.25) is 0 Å². The van der Waals surface area contributed by atoms with Crippen LogP contribution in [0.4, 0.5) is 11.5 Å². The van der Waals surface area contributed by atoms with Gasteiger partial charge >= 0.3 is 0 Å². The van der Waals surface area contributed by atoms with Crippen LogP contribution in [0.15, 0.2) is 12.5 Å². The number of hydrogen-bond donors (Lipinski definition) is 5. The maximum Gasteiger partial charge on any atom is 0.243 e. The third-order valence-electron chi connectivity index (χ3n) is 3.83. The molecule has 1 amide bonds. The lowest BCUT2D eigenvalue weighted by Gasteiger charge is -2.23. The number of aliphatic hydroxyl groups excluding tert-OH is 3. The molecule has 10 nitrogen and oxygen atoms in total. The average Bonchev–Trinajstić information content (AvgIpc) is 2.82. The summed E-state index contributed by atoms with van der Waals surface area (Å²) in [6.45, 7) is 1.05. The molecular weight excluding hydrogens is 318 g/mol. The van der Waals surface area contributed by atoms with Gasteiger partial charge in [0.2, 0.25) is 5.91 Å². The van der Waals surface area contributed by atoms with Crippen LogP contribution < -0.4 is 10.6 Å². The number of hydrogen-bond acceptors (Lipinski definition) is 8. The van der Waals surface area contributed by atoms with E-state index in [-0.39, 0.29) is 19.2 Å². The molecule has 130 valence electrons. The van der Waals surface area contributed by atoms with Crippen molar-refractivity contribution < 1.29 is 24.9 Å². The number of anilines is 2. The van der Waals surface area contributed by atoms with Crippen molar-refractivity contribution in [3.8, 4) is 0 Å². The predicted molar refractivity (Wildman–Crippen MR) is 84.3 cm³/mol. The minimum Gasteiger partial charge on any atom is -0.394 e. The summed E-state index contributed by atoms with van der Waals surface area (Å²) in [5, 5.41) is 34.9. The second kappa shape index (κ2) is 6.69. The third-order valence-corrected chi connectivity index (χ3v) is 3.83. The number of carbonyl (C=O) groups is 1. The van der Waals surface area contributed by atoms with E-state index in [1.165, 1.54) is 13.3 Å². The summed E-state index contributed by atoms with van der Waals surface area (Å²) in [6.07, 6.45) is -0.192. The number of ether oxygens (including phenoxy) is 1. The van der Waals surface area contributed by atoms with E-state index >= 15 is 0 Å². The van der Waals surface area contributed by atoms with Gasteiger partial charge in [0.15, 0.2) is 0 Å². The molecule has 1 aliphatic rings. The summed E-state index contributed by atoms with van der Waals surface area (Å²) in [5.74, 6) is 0.334. The van der Waals surface area contributed by atoms with Crippen molar-refractivity contribution >= 4 is 28.4 Å². The molecule has 3 rings (SSSR count). The quantitative estimate of drug-likeness (QED) is 0.446.